The summed E-state index contributed by atoms with van der Waals surface area (Å²) in [6.45, 7) is 2.13. The molecule has 1 aliphatic heterocycles. The van der Waals surface area contributed by atoms with Crippen LogP contribution in [0.5, 0.6) is 0 Å². The van der Waals surface area contributed by atoms with Crippen LogP contribution in [0.1, 0.15) is 18.5 Å². The van der Waals surface area contributed by atoms with Crippen molar-refractivity contribution in [2.75, 3.05) is 18.9 Å². The summed E-state index contributed by atoms with van der Waals surface area (Å²) in [5.41, 5.74) is 10.1. The van der Waals surface area contributed by atoms with E-state index >= 15 is 0 Å². The van der Waals surface area contributed by atoms with Gasteiger partial charge in [-0.05, 0) is 53.0 Å². The minimum Gasteiger partial charge on any atom is -0.383 e. The lowest BCUT2D eigenvalue weighted by atomic mass is 10.1. The molecule has 1 saturated heterocycles. The maximum atomic E-state index is 13.7. The van der Waals surface area contributed by atoms with E-state index in [0.717, 1.165) is 58.3 Å². The Bertz CT molecular complexity index is 1240. The molecule has 0 saturated carbocycles. The van der Waals surface area contributed by atoms with E-state index in [4.69, 9.17) is 15.5 Å². The maximum absolute atomic E-state index is 13.7. The second-order valence-corrected chi connectivity index (χ2v) is 8.17. The van der Waals surface area contributed by atoms with E-state index in [1.165, 1.54) is 12.1 Å². The van der Waals surface area contributed by atoms with E-state index in [1.54, 1.807) is 23.0 Å². The zero-order valence-electron chi connectivity index (χ0n) is 16.1. The lowest BCUT2D eigenvalue weighted by Crippen LogP contribution is -2.34. The molecule has 3 N–H and O–H groups in total. The van der Waals surface area contributed by atoms with Crippen molar-refractivity contribution in [3.63, 3.8) is 0 Å². The molecular weight excluding hydrogens is 451 g/mol. The Balaban J connectivity index is 1.54. The Hall–Kier alpha value is -2.62. The number of pyridine rings is 1. The predicted octanol–water partition coefficient (Wildman–Crippen LogP) is 3.70. The Kier molecular flexibility index (Phi) is 5.10. The SMILES string of the molecule is Nc1c(Br)c(CNC2CCOCC2)nc2c(-c3cnc4ccc(F)cc4c3)cnn12. The van der Waals surface area contributed by atoms with Crippen molar-refractivity contribution in [3.05, 3.63) is 52.6 Å². The number of rotatable bonds is 4. The quantitative estimate of drug-likeness (QED) is 0.472. The highest BCUT2D eigenvalue weighted by atomic mass is 79.9. The highest BCUT2D eigenvalue weighted by Gasteiger charge is 2.19. The Morgan fingerprint density at radius 3 is 2.90 bits per heavy atom. The Morgan fingerprint density at radius 1 is 1.23 bits per heavy atom. The van der Waals surface area contributed by atoms with Crippen LogP contribution in [-0.2, 0) is 11.3 Å². The molecule has 0 spiro atoms. The molecule has 30 heavy (non-hydrogen) atoms. The van der Waals surface area contributed by atoms with Crippen LogP contribution in [0.2, 0.25) is 0 Å². The standard InChI is InChI=1S/C21H20BrFN6O/c22-19-18(11-25-15-3-5-30-6-4-15)28-21-16(10-27-29(21)20(19)24)13-7-12-8-14(23)1-2-17(12)26-9-13/h1-2,7-10,15,25H,3-6,11,24H2. The van der Waals surface area contributed by atoms with Gasteiger partial charge in [-0.15, -0.1) is 0 Å². The molecule has 1 aliphatic rings. The first-order chi connectivity index (χ1) is 14.6. The fourth-order valence-corrected chi connectivity index (χ4v) is 4.15. The van der Waals surface area contributed by atoms with Crippen molar-refractivity contribution >= 4 is 38.3 Å². The highest BCUT2D eigenvalue weighted by molar-refractivity contribution is 9.10. The van der Waals surface area contributed by atoms with Gasteiger partial charge in [0.1, 0.15) is 11.6 Å². The average molecular weight is 471 g/mol. The van der Waals surface area contributed by atoms with Gasteiger partial charge in [0.15, 0.2) is 5.65 Å². The van der Waals surface area contributed by atoms with E-state index in [1.807, 2.05) is 6.07 Å². The number of ether oxygens (including phenoxy) is 1. The molecule has 4 heterocycles. The Morgan fingerprint density at radius 2 is 2.07 bits per heavy atom. The number of anilines is 1. The third kappa shape index (κ3) is 3.53. The van der Waals surface area contributed by atoms with Crippen molar-refractivity contribution in [2.45, 2.75) is 25.4 Å². The van der Waals surface area contributed by atoms with E-state index in [-0.39, 0.29) is 5.82 Å². The number of benzene rings is 1. The molecule has 0 aliphatic carbocycles. The summed E-state index contributed by atoms with van der Waals surface area (Å²) < 4.78 is 21.4. The van der Waals surface area contributed by atoms with Crippen molar-refractivity contribution in [1.82, 2.24) is 24.9 Å². The molecule has 0 unspecified atom stereocenters. The van der Waals surface area contributed by atoms with Crippen LogP contribution < -0.4 is 11.1 Å². The van der Waals surface area contributed by atoms with Crippen LogP contribution in [0.4, 0.5) is 10.2 Å². The number of aromatic nitrogens is 4. The van der Waals surface area contributed by atoms with Gasteiger partial charge in [0.05, 0.1) is 21.9 Å². The van der Waals surface area contributed by atoms with Gasteiger partial charge in [0, 0.05) is 48.5 Å². The lowest BCUT2D eigenvalue weighted by Gasteiger charge is -2.23. The van der Waals surface area contributed by atoms with Crippen molar-refractivity contribution in [2.24, 2.45) is 0 Å². The second kappa shape index (κ2) is 7.90. The summed E-state index contributed by atoms with van der Waals surface area (Å²) in [5.74, 6) is 0.184. The predicted molar refractivity (Wildman–Crippen MR) is 116 cm³/mol. The second-order valence-electron chi connectivity index (χ2n) is 7.38. The molecule has 0 bridgehead atoms. The molecule has 154 valence electrons. The molecular formula is C21H20BrFN6O. The van der Waals surface area contributed by atoms with Gasteiger partial charge in [-0.3, -0.25) is 4.98 Å². The van der Waals surface area contributed by atoms with E-state index in [9.17, 15) is 4.39 Å². The number of fused-ring (bicyclic) bond motifs is 2. The highest BCUT2D eigenvalue weighted by Crippen LogP contribution is 2.31. The van der Waals surface area contributed by atoms with Gasteiger partial charge < -0.3 is 15.8 Å². The van der Waals surface area contributed by atoms with Gasteiger partial charge in [-0.1, -0.05) is 0 Å². The first-order valence-corrected chi connectivity index (χ1v) is 10.6. The number of nitrogens with one attached hydrogen (secondary N) is 1. The zero-order chi connectivity index (χ0) is 20.7. The van der Waals surface area contributed by atoms with Crippen molar-refractivity contribution in [3.8, 4) is 11.1 Å². The normalized spacial score (nSPS) is 15.3. The monoisotopic (exact) mass is 470 g/mol. The minimum absolute atomic E-state index is 0.297. The van der Waals surface area contributed by atoms with Crippen LogP contribution in [0, 0.1) is 5.82 Å². The first kappa shape index (κ1) is 19.3. The fourth-order valence-electron chi connectivity index (χ4n) is 3.76. The molecule has 9 heteroatoms. The molecule has 0 atom stereocenters. The van der Waals surface area contributed by atoms with E-state index in [2.05, 4.69) is 31.3 Å². The van der Waals surface area contributed by atoms with E-state index in [0.29, 0.717) is 24.1 Å². The first-order valence-electron chi connectivity index (χ1n) is 9.78. The van der Waals surface area contributed by atoms with Gasteiger partial charge in [-0.25, -0.2) is 9.37 Å². The molecule has 1 aromatic carbocycles. The number of nitrogens with zero attached hydrogens (tertiary/aromatic N) is 4. The molecule has 7 nitrogen and oxygen atoms in total. The van der Waals surface area contributed by atoms with Crippen LogP contribution >= 0.6 is 15.9 Å². The summed E-state index contributed by atoms with van der Waals surface area (Å²) in [5, 5.41) is 8.67. The van der Waals surface area contributed by atoms with Gasteiger partial charge in [0.25, 0.3) is 0 Å². The molecule has 5 rings (SSSR count). The summed E-state index contributed by atoms with van der Waals surface area (Å²) >= 11 is 3.57. The van der Waals surface area contributed by atoms with Crippen molar-refractivity contribution < 1.29 is 9.13 Å². The molecule has 4 aromatic rings. The fraction of sp³-hybridized carbons (Fsp3) is 0.286. The number of nitrogen functional groups attached to an aromatic ring is 1. The molecule has 0 amide bonds. The van der Waals surface area contributed by atoms with E-state index < -0.39 is 0 Å². The third-order valence-corrected chi connectivity index (χ3v) is 6.29. The summed E-state index contributed by atoms with van der Waals surface area (Å²) in [7, 11) is 0. The molecule has 1 fully saturated rings. The summed E-state index contributed by atoms with van der Waals surface area (Å²) in [4.78, 5) is 9.28. The number of nitrogens with two attached hydrogens (primary N) is 1. The van der Waals surface area contributed by atoms with Crippen LogP contribution in [0.15, 0.2) is 41.1 Å². The van der Waals surface area contributed by atoms with Gasteiger partial charge in [0.2, 0.25) is 0 Å². The van der Waals surface area contributed by atoms with Gasteiger partial charge >= 0.3 is 0 Å². The number of halogens is 2. The minimum atomic E-state index is -0.297. The largest absolute Gasteiger partial charge is 0.383 e. The van der Waals surface area contributed by atoms with Crippen molar-refractivity contribution in [1.29, 1.82) is 0 Å². The summed E-state index contributed by atoms with van der Waals surface area (Å²) in [6, 6.07) is 6.83. The van der Waals surface area contributed by atoms with Crippen LogP contribution in [0.3, 0.4) is 0 Å². The zero-order valence-corrected chi connectivity index (χ0v) is 17.7. The average Bonchev–Trinajstić information content (AvgIpc) is 3.19. The molecule has 3 aromatic heterocycles. The lowest BCUT2D eigenvalue weighted by molar-refractivity contribution is 0.0775. The number of hydrogen-bond donors (Lipinski definition) is 2. The van der Waals surface area contributed by atoms with Crippen LogP contribution in [-0.4, -0.2) is 38.8 Å². The topological polar surface area (TPSA) is 90.4 Å². The Labute approximate surface area is 180 Å². The smallest absolute Gasteiger partial charge is 0.165 e. The summed E-state index contributed by atoms with van der Waals surface area (Å²) in [6.07, 6.45) is 5.42. The number of hydrogen-bond acceptors (Lipinski definition) is 6. The third-order valence-electron chi connectivity index (χ3n) is 5.42. The van der Waals surface area contributed by atoms with Crippen LogP contribution in [0.25, 0.3) is 27.7 Å². The van der Waals surface area contributed by atoms with Gasteiger partial charge in [-0.2, -0.15) is 9.61 Å². The molecule has 0 radical (unpaired) electrons. The maximum Gasteiger partial charge on any atom is 0.165 e.